The van der Waals surface area contributed by atoms with Crippen molar-refractivity contribution in [3.63, 3.8) is 0 Å². The number of fused-ring (bicyclic) bond motifs is 1. The first-order chi connectivity index (χ1) is 5.27. The standard InChI is InChI=1S/C11H16/c1-8-3-6-11-9(2)4-5-10(11)7-8/h3,6-7,9-11H,4-5H2,1-2H3. The first-order valence-corrected chi connectivity index (χ1v) is 4.64. The van der Waals surface area contributed by atoms with Crippen molar-refractivity contribution in [3.8, 4) is 0 Å². The fourth-order valence-corrected chi connectivity index (χ4v) is 2.45. The molecule has 60 valence electrons. The van der Waals surface area contributed by atoms with Crippen molar-refractivity contribution in [2.24, 2.45) is 17.8 Å². The molecular formula is C11H16. The maximum atomic E-state index is 2.45. The summed E-state index contributed by atoms with van der Waals surface area (Å²) < 4.78 is 0. The lowest BCUT2D eigenvalue weighted by Crippen LogP contribution is -2.11. The van der Waals surface area contributed by atoms with E-state index >= 15 is 0 Å². The van der Waals surface area contributed by atoms with Crippen molar-refractivity contribution in [1.29, 1.82) is 0 Å². The van der Waals surface area contributed by atoms with Gasteiger partial charge >= 0.3 is 0 Å². The van der Waals surface area contributed by atoms with Crippen molar-refractivity contribution < 1.29 is 0 Å². The van der Waals surface area contributed by atoms with Gasteiger partial charge in [-0.3, -0.25) is 0 Å². The SMILES string of the molecule is CC1=CC2CCC(C)C2C=C1. The van der Waals surface area contributed by atoms with E-state index in [1.54, 1.807) is 0 Å². The van der Waals surface area contributed by atoms with Crippen LogP contribution in [0.25, 0.3) is 0 Å². The van der Waals surface area contributed by atoms with Gasteiger partial charge in [-0.2, -0.15) is 0 Å². The molecule has 0 radical (unpaired) electrons. The first kappa shape index (κ1) is 7.15. The van der Waals surface area contributed by atoms with Crippen LogP contribution in [0.3, 0.4) is 0 Å². The third-order valence-electron chi connectivity index (χ3n) is 3.17. The van der Waals surface area contributed by atoms with Crippen LogP contribution in [0, 0.1) is 17.8 Å². The topological polar surface area (TPSA) is 0 Å². The van der Waals surface area contributed by atoms with Gasteiger partial charge in [0, 0.05) is 0 Å². The largest absolute Gasteiger partial charge is 0.0803 e. The molecule has 0 aromatic carbocycles. The van der Waals surface area contributed by atoms with Crippen LogP contribution in [0.1, 0.15) is 26.7 Å². The zero-order chi connectivity index (χ0) is 7.84. The zero-order valence-electron chi connectivity index (χ0n) is 7.38. The van der Waals surface area contributed by atoms with Gasteiger partial charge in [-0.05, 0) is 37.5 Å². The quantitative estimate of drug-likeness (QED) is 0.495. The number of hydrogen-bond donors (Lipinski definition) is 0. The Hall–Kier alpha value is -0.520. The lowest BCUT2D eigenvalue weighted by Gasteiger charge is -2.20. The van der Waals surface area contributed by atoms with E-state index < -0.39 is 0 Å². The molecule has 0 heterocycles. The highest BCUT2D eigenvalue weighted by Crippen LogP contribution is 2.41. The van der Waals surface area contributed by atoms with Crippen LogP contribution in [-0.4, -0.2) is 0 Å². The van der Waals surface area contributed by atoms with Crippen LogP contribution >= 0.6 is 0 Å². The van der Waals surface area contributed by atoms with Crippen LogP contribution in [0.2, 0.25) is 0 Å². The van der Waals surface area contributed by atoms with Crippen molar-refractivity contribution in [1.82, 2.24) is 0 Å². The fraction of sp³-hybridized carbons (Fsp3) is 0.636. The fourth-order valence-electron chi connectivity index (χ4n) is 2.45. The molecule has 0 amide bonds. The minimum absolute atomic E-state index is 0.860. The molecule has 0 aromatic rings. The van der Waals surface area contributed by atoms with E-state index in [2.05, 4.69) is 32.1 Å². The highest BCUT2D eigenvalue weighted by molar-refractivity contribution is 5.25. The molecular weight excluding hydrogens is 132 g/mol. The highest BCUT2D eigenvalue weighted by Gasteiger charge is 2.31. The Balaban J connectivity index is 2.21. The van der Waals surface area contributed by atoms with Gasteiger partial charge in [0.05, 0.1) is 0 Å². The number of rotatable bonds is 0. The number of allylic oxidation sites excluding steroid dienone is 4. The smallest absolute Gasteiger partial charge is 0.0141 e. The first-order valence-electron chi connectivity index (χ1n) is 4.64. The van der Waals surface area contributed by atoms with Gasteiger partial charge in [-0.1, -0.05) is 30.7 Å². The second-order valence-corrected chi connectivity index (χ2v) is 4.07. The molecule has 0 aromatic heterocycles. The molecule has 2 aliphatic carbocycles. The normalized spacial score (nSPS) is 42.0. The molecule has 1 saturated carbocycles. The lowest BCUT2D eigenvalue weighted by atomic mass is 9.85. The average molecular weight is 148 g/mol. The van der Waals surface area contributed by atoms with E-state index in [9.17, 15) is 0 Å². The molecule has 3 atom stereocenters. The van der Waals surface area contributed by atoms with Crippen molar-refractivity contribution >= 4 is 0 Å². The molecule has 0 saturated heterocycles. The van der Waals surface area contributed by atoms with Gasteiger partial charge in [-0.25, -0.2) is 0 Å². The van der Waals surface area contributed by atoms with Gasteiger partial charge in [-0.15, -0.1) is 0 Å². The van der Waals surface area contributed by atoms with Gasteiger partial charge in [0.15, 0.2) is 0 Å². The van der Waals surface area contributed by atoms with E-state index in [0.717, 1.165) is 17.8 Å². The van der Waals surface area contributed by atoms with E-state index in [-0.39, 0.29) is 0 Å². The number of hydrogen-bond acceptors (Lipinski definition) is 0. The van der Waals surface area contributed by atoms with Crippen molar-refractivity contribution in [2.75, 3.05) is 0 Å². The van der Waals surface area contributed by atoms with Crippen LogP contribution < -0.4 is 0 Å². The lowest BCUT2D eigenvalue weighted by molar-refractivity contribution is 0.449. The second kappa shape index (κ2) is 2.51. The molecule has 2 rings (SSSR count). The Labute approximate surface area is 69.0 Å². The molecule has 0 N–H and O–H groups in total. The van der Waals surface area contributed by atoms with Gasteiger partial charge in [0.2, 0.25) is 0 Å². The summed E-state index contributed by atoms with van der Waals surface area (Å²) in [5.41, 5.74) is 1.46. The zero-order valence-corrected chi connectivity index (χ0v) is 7.38. The third-order valence-corrected chi connectivity index (χ3v) is 3.17. The average Bonchev–Trinajstić information content (AvgIpc) is 2.32. The van der Waals surface area contributed by atoms with Gasteiger partial charge in [0.25, 0.3) is 0 Å². The predicted octanol–water partition coefficient (Wildman–Crippen LogP) is 3.16. The molecule has 0 bridgehead atoms. The molecule has 0 nitrogen and oxygen atoms in total. The third kappa shape index (κ3) is 1.15. The predicted molar refractivity (Wildman–Crippen MR) is 48.3 cm³/mol. The Morgan fingerprint density at radius 3 is 3.00 bits per heavy atom. The van der Waals surface area contributed by atoms with Crippen molar-refractivity contribution in [2.45, 2.75) is 26.7 Å². The molecule has 0 heteroatoms. The molecule has 2 aliphatic rings. The summed E-state index contributed by atoms with van der Waals surface area (Å²) in [6, 6.07) is 0. The molecule has 0 aliphatic heterocycles. The summed E-state index contributed by atoms with van der Waals surface area (Å²) >= 11 is 0. The summed E-state index contributed by atoms with van der Waals surface area (Å²) in [6.07, 6.45) is 9.98. The maximum Gasteiger partial charge on any atom is -0.0141 e. The monoisotopic (exact) mass is 148 g/mol. The van der Waals surface area contributed by atoms with Gasteiger partial charge in [0.1, 0.15) is 0 Å². The van der Waals surface area contributed by atoms with Gasteiger partial charge < -0.3 is 0 Å². The molecule has 0 spiro atoms. The van der Waals surface area contributed by atoms with E-state index in [1.807, 2.05) is 0 Å². The maximum absolute atomic E-state index is 2.45. The van der Waals surface area contributed by atoms with E-state index in [4.69, 9.17) is 0 Å². The Kier molecular flexibility index (Phi) is 1.63. The Morgan fingerprint density at radius 2 is 2.18 bits per heavy atom. The summed E-state index contributed by atoms with van der Waals surface area (Å²) in [6.45, 7) is 4.58. The summed E-state index contributed by atoms with van der Waals surface area (Å²) in [5, 5.41) is 0. The summed E-state index contributed by atoms with van der Waals surface area (Å²) in [4.78, 5) is 0. The summed E-state index contributed by atoms with van der Waals surface area (Å²) in [5.74, 6) is 2.65. The Morgan fingerprint density at radius 1 is 1.36 bits per heavy atom. The van der Waals surface area contributed by atoms with E-state index in [0.29, 0.717) is 0 Å². The van der Waals surface area contributed by atoms with Crippen LogP contribution in [0.4, 0.5) is 0 Å². The van der Waals surface area contributed by atoms with Crippen LogP contribution in [0.15, 0.2) is 23.8 Å². The van der Waals surface area contributed by atoms with E-state index in [1.165, 1.54) is 18.4 Å². The molecule has 1 fully saturated rings. The molecule has 3 unspecified atom stereocenters. The van der Waals surface area contributed by atoms with Crippen LogP contribution in [0.5, 0.6) is 0 Å². The summed E-state index contributed by atoms with van der Waals surface area (Å²) in [7, 11) is 0. The Bertz CT molecular complexity index is 210. The van der Waals surface area contributed by atoms with Crippen LogP contribution in [-0.2, 0) is 0 Å². The molecule has 11 heavy (non-hydrogen) atoms. The highest BCUT2D eigenvalue weighted by atomic mass is 14.4. The second-order valence-electron chi connectivity index (χ2n) is 4.07. The van der Waals surface area contributed by atoms with Crippen molar-refractivity contribution in [3.05, 3.63) is 23.8 Å². The minimum Gasteiger partial charge on any atom is -0.0803 e. The minimum atomic E-state index is 0.860.